The van der Waals surface area contributed by atoms with Gasteiger partial charge in [-0.15, -0.1) is 0 Å². The maximum atomic E-state index is 6.28. The molecule has 0 bridgehead atoms. The van der Waals surface area contributed by atoms with E-state index in [4.69, 9.17) is 4.74 Å². The molecule has 2 saturated carbocycles. The molecule has 0 radical (unpaired) electrons. The van der Waals surface area contributed by atoms with Crippen LogP contribution in [0.15, 0.2) is 0 Å². The van der Waals surface area contributed by atoms with Crippen molar-refractivity contribution in [2.24, 2.45) is 11.8 Å². The predicted molar refractivity (Wildman–Crippen MR) is 72.2 cm³/mol. The maximum absolute atomic E-state index is 6.28. The average molecular weight is 239 g/mol. The molecule has 0 spiro atoms. The topological polar surface area (TPSA) is 21.3 Å². The molecule has 0 saturated heterocycles. The lowest BCUT2D eigenvalue weighted by molar-refractivity contribution is -0.0475. The van der Waals surface area contributed by atoms with Gasteiger partial charge < -0.3 is 10.1 Å². The molecule has 100 valence electrons. The molecule has 0 heterocycles. The third kappa shape index (κ3) is 4.26. The average Bonchev–Trinajstić information content (AvgIpc) is 3.13. The zero-order valence-electron chi connectivity index (χ0n) is 11.7. The molecule has 0 aliphatic heterocycles. The lowest BCUT2D eigenvalue weighted by atomic mass is 9.80. The van der Waals surface area contributed by atoms with Gasteiger partial charge in [0.25, 0.3) is 0 Å². The normalized spacial score (nSPS) is 35.8. The van der Waals surface area contributed by atoms with Gasteiger partial charge in [-0.1, -0.05) is 20.8 Å². The zero-order chi connectivity index (χ0) is 12.3. The van der Waals surface area contributed by atoms with Crippen LogP contribution < -0.4 is 5.32 Å². The minimum atomic E-state index is 0.432. The number of hydrogen-bond acceptors (Lipinski definition) is 2. The van der Waals surface area contributed by atoms with E-state index in [9.17, 15) is 0 Å². The molecule has 0 aromatic rings. The van der Waals surface area contributed by atoms with Crippen molar-refractivity contribution >= 4 is 0 Å². The van der Waals surface area contributed by atoms with E-state index in [1.807, 2.05) is 0 Å². The van der Waals surface area contributed by atoms with E-state index in [-0.39, 0.29) is 0 Å². The molecule has 0 aromatic heterocycles. The molecule has 4 atom stereocenters. The first-order valence-electron chi connectivity index (χ1n) is 7.57. The Morgan fingerprint density at radius 3 is 2.47 bits per heavy atom. The standard InChI is InChI=1S/C15H29NO/c1-4-14(10-16-13-6-7-13)17-15-8-5-11(2)12(3)9-15/h11-16H,4-10H2,1-3H3. The SMILES string of the molecule is CCC(CNC1CC1)OC1CCC(C)C(C)C1. The summed E-state index contributed by atoms with van der Waals surface area (Å²) in [5, 5.41) is 3.59. The van der Waals surface area contributed by atoms with Crippen LogP contribution in [0.1, 0.15) is 59.3 Å². The van der Waals surface area contributed by atoms with E-state index in [1.54, 1.807) is 0 Å². The lowest BCUT2D eigenvalue weighted by Crippen LogP contribution is -2.36. The fourth-order valence-corrected chi connectivity index (χ4v) is 2.77. The molecular weight excluding hydrogens is 210 g/mol. The largest absolute Gasteiger partial charge is 0.374 e. The number of ether oxygens (including phenoxy) is 1. The van der Waals surface area contributed by atoms with E-state index >= 15 is 0 Å². The predicted octanol–water partition coefficient (Wildman–Crippen LogP) is 3.36. The highest BCUT2D eigenvalue weighted by Gasteiger charge is 2.27. The van der Waals surface area contributed by atoms with Crippen molar-refractivity contribution in [1.82, 2.24) is 5.32 Å². The van der Waals surface area contributed by atoms with Gasteiger partial charge in [0.15, 0.2) is 0 Å². The van der Waals surface area contributed by atoms with Crippen molar-refractivity contribution in [2.75, 3.05) is 6.54 Å². The van der Waals surface area contributed by atoms with Crippen molar-refractivity contribution < 1.29 is 4.74 Å². The van der Waals surface area contributed by atoms with Gasteiger partial charge in [-0.3, -0.25) is 0 Å². The smallest absolute Gasteiger partial charge is 0.0700 e. The summed E-state index contributed by atoms with van der Waals surface area (Å²) in [6.07, 6.45) is 8.71. The molecule has 2 aliphatic carbocycles. The van der Waals surface area contributed by atoms with Crippen molar-refractivity contribution in [2.45, 2.75) is 77.5 Å². The fourth-order valence-electron chi connectivity index (χ4n) is 2.77. The summed E-state index contributed by atoms with van der Waals surface area (Å²) in [7, 11) is 0. The van der Waals surface area contributed by atoms with Crippen LogP contribution in [-0.2, 0) is 4.74 Å². The van der Waals surface area contributed by atoms with Crippen molar-refractivity contribution in [3.05, 3.63) is 0 Å². The molecule has 2 heteroatoms. The summed E-state index contributed by atoms with van der Waals surface area (Å²) in [4.78, 5) is 0. The van der Waals surface area contributed by atoms with Crippen LogP contribution in [0, 0.1) is 11.8 Å². The Kier molecular flexibility index (Phi) is 4.87. The molecule has 2 aliphatic rings. The van der Waals surface area contributed by atoms with Crippen LogP contribution in [0.4, 0.5) is 0 Å². The van der Waals surface area contributed by atoms with Gasteiger partial charge in [0.05, 0.1) is 12.2 Å². The fraction of sp³-hybridized carbons (Fsp3) is 1.00. The maximum Gasteiger partial charge on any atom is 0.0700 e. The Hall–Kier alpha value is -0.0800. The monoisotopic (exact) mass is 239 g/mol. The van der Waals surface area contributed by atoms with Gasteiger partial charge in [-0.2, -0.15) is 0 Å². The zero-order valence-corrected chi connectivity index (χ0v) is 11.7. The third-order valence-electron chi connectivity index (χ3n) is 4.60. The van der Waals surface area contributed by atoms with E-state index in [2.05, 4.69) is 26.1 Å². The van der Waals surface area contributed by atoms with Crippen LogP contribution in [0.5, 0.6) is 0 Å². The molecule has 4 unspecified atom stereocenters. The summed E-state index contributed by atoms with van der Waals surface area (Å²) in [6.45, 7) is 8.06. The molecule has 1 N–H and O–H groups in total. The number of hydrogen-bond donors (Lipinski definition) is 1. The Labute approximate surface area is 107 Å². The molecular formula is C15H29NO. The number of nitrogens with one attached hydrogen (secondary N) is 1. The van der Waals surface area contributed by atoms with Gasteiger partial charge in [-0.05, 0) is 50.4 Å². The first kappa shape index (κ1) is 13.4. The first-order chi connectivity index (χ1) is 8.19. The second-order valence-electron chi connectivity index (χ2n) is 6.24. The minimum absolute atomic E-state index is 0.432. The summed E-state index contributed by atoms with van der Waals surface area (Å²) in [5.41, 5.74) is 0. The highest BCUT2D eigenvalue weighted by Crippen LogP contribution is 2.31. The van der Waals surface area contributed by atoms with Crippen LogP contribution in [0.3, 0.4) is 0 Å². The summed E-state index contributed by atoms with van der Waals surface area (Å²) in [6, 6.07) is 0.804. The Morgan fingerprint density at radius 1 is 1.12 bits per heavy atom. The molecule has 0 amide bonds. The molecule has 17 heavy (non-hydrogen) atoms. The van der Waals surface area contributed by atoms with E-state index in [0.29, 0.717) is 12.2 Å². The van der Waals surface area contributed by atoms with E-state index in [1.165, 1.54) is 32.1 Å². The lowest BCUT2D eigenvalue weighted by Gasteiger charge is -2.34. The Bertz CT molecular complexity index is 227. The third-order valence-corrected chi connectivity index (χ3v) is 4.60. The van der Waals surface area contributed by atoms with Gasteiger partial charge in [0, 0.05) is 12.6 Å². The highest BCUT2D eigenvalue weighted by atomic mass is 16.5. The second kappa shape index (κ2) is 6.19. The van der Waals surface area contributed by atoms with Crippen LogP contribution in [0.2, 0.25) is 0 Å². The summed E-state index contributed by atoms with van der Waals surface area (Å²) >= 11 is 0. The molecule has 2 nitrogen and oxygen atoms in total. The highest BCUT2D eigenvalue weighted by molar-refractivity contribution is 4.82. The Morgan fingerprint density at radius 2 is 1.88 bits per heavy atom. The summed E-state index contributed by atoms with van der Waals surface area (Å²) < 4.78 is 6.28. The molecule has 0 aromatic carbocycles. The molecule has 2 fully saturated rings. The first-order valence-corrected chi connectivity index (χ1v) is 7.57. The molecule has 2 rings (SSSR count). The van der Waals surface area contributed by atoms with Gasteiger partial charge in [0.1, 0.15) is 0 Å². The summed E-state index contributed by atoms with van der Waals surface area (Å²) in [5.74, 6) is 1.72. The van der Waals surface area contributed by atoms with Gasteiger partial charge >= 0.3 is 0 Å². The minimum Gasteiger partial charge on any atom is -0.374 e. The number of rotatable bonds is 6. The quantitative estimate of drug-likeness (QED) is 0.767. The van der Waals surface area contributed by atoms with Crippen molar-refractivity contribution in [1.29, 1.82) is 0 Å². The van der Waals surface area contributed by atoms with Gasteiger partial charge in [-0.25, -0.2) is 0 Å². The Balaban J connectivity index is 1.69. The van der Waals surface area contributed by atoms with Crippen molar-refractivity contribution in [3.63, 3.8) is 0 Å². The van der Waals surface area contributed by atoms with Crippen molar-refractivity contribution in [3.8, 4) is 0 Å². The van der Waals surface area contributed by atoms with Crippen LogP contribution in [-0.4, -0.2) is 24.8 Å². The van der Waals surface area contributed by atoms with Crippen LogP contribution in [0.25, 0.3) is 0 Å². The second-order valence-corrected chi connectivity index (χ2v) is 6.24. The van der Waals surface area contributed by atoms with Gasteiger partial charge in [0.2, 0.25) is 0 Å². The van der Waals surface area contributed by atoms with Crippen LogP contribution >= 0.6 is 0 Å². The van der Waals surface area contributed by atoms with E-state index < -0.39 is 0 Å². The van der Waals surface area contributed by atoms with E-state index in [0.717, 1.165) is 30.8 Å².